The van der Waals surface area contributed by atoms with Gasteiger partial charge in [-0.25, -0.2) is 9.79 Å². The van der Waals surface area contributed by atoms with Gasteiger partial charge in [0.15, 0.2) is 0 Å². The average Bonchev–Trinajstić information content (AvgIpc) is 2.36. The molecular weight excluding hydrogens is 238 g/mol. The Morgan fingerprint density at radius 1 is 1.47 bits per heavy atom. The van der Waals surface area contributed by atoms with Crippen molar-refractivity contribution < 1.29 is 14.3 Å². The highest BCUT2D eigenvalue weighted by Crippen LogP contribution is 2.04. The van der Waals surface area contributed by atoms with Gasteiger partial charge in [-0.3, -0.25) is 0 Å². The number of hydrogen-bond donors (Lipinski definition) is 0. The van der Waals surface area contributed by atoms with E-state index in [0.29, 0.717) is 18.7 Å². The number of esters is 1. The lowest BCUT2D eigenvalue weighted by Crippen LogP contribution is -2.19. The number of rotatable bonds is 6. The molecule has 1 atom stereocenters. The summed E-state index contributed by atoms with van der Waals surface area (Å²) in [5.74, 6) is -0.406. The van der Waals surface area contributed by atoms with Gasteiger partial charge in [-0.2, -0.15) is 0 Å². The van der Waals surface area contributed by atoms with Crippen LogP contribution in [0.4, 0.5) is 0 Å². The summed E-state index contributed by atoms with van der Waals surface area (Å²) >= 11 is 4.41. The predicted octanol–water partition coefficient (Wildman–Crippen LogP) is 2.31. The van der Waals surface area contributed by atoms with E-state index in [4.69, 9.17) is 9.47 Å². The summed E-state index contributed by atoms with van der Waals surface area (Å²) in [7, 11) is 0. The Morgan fingerprint density at radius 3 is 2.82 bits per heavy atom. The van der Waals surface area contributed by atoms with Crippen LogP contribution in [-0.4, -0.2) is 30.6 Å². The number of benzene rings is 1. The molecule has 1 aromatic carbocycles. The third-order valence-electron chi connectivity index (χ3n) is 1.90. The van der Waals surface area contributed by atoms with Gasteiger partial charge in [0.05, 0.1) is 23.9 Å². The highest BCUT2D eigenvalue weighted by molar-refractivity contribution is 7.78. The van der Waals surface area contributed by atoms with Gasteiger partial charge in [0.25, 0.3) is 0 Å². The third kappa shape index (κ3) is 5.36. The van der Waals surface area contributed by atoms with Crippen LogP contribution in [0.1, 0.15) is 17.3 Å². The van der Waals surface area contributed by atoms with Crippen LogP contribution in [-0.2, 0) is 9.47 Å². The van der Waals surface area contributed by atoms with Gasteiger partial charge < -0.3 is 9.47 Å². The summed E-state index contributed by atoms with van der Waals surface area (Å²) in [6.07, 6.45) is -0.608. The second kappa shape index (κ2) is 7.68. The second-order valence-electron chi connectivity index (χ2n) is 3.18. The van der Waals surface area contributed by atoms with Crippen molar-refractivity contribution in [2.45, 2.75) is 13.2 Å². The lowest BCUT2D eigenvalue weighted by molar-refractivity contribution is -0.0954. The minimum atomic E-state index is -0.608. The maximum Gasteiger partial charge on any atom is 0.340 e. The Labute approximate surface area is 105 Å². The lowest BCUT2D eigenvalue weighted by Gasteiger charge is -2.13. The zero-order chi connectivity index (χ0) is 12.5. The van der Waals surface area contributed by atoms with Gasteiger partial charge in [0, 0.05) is 0 Å². The summed E-state index contributed by atoms with van der Waals surface area (Å²) in [6, 6.07) is 8.75. The van der Waals surface area contributed by atoms with Crippen molar-refractivity contribution >= 4 is 23.3 Å². The van der Waals surface area contributed by atoms with E-state index < -0.39 is 12.3 Å². The predicted molar refractivity (Wildman–Crippen MR) is 67.2 cm³/mol. The van der Waals surface area contributed by atoms with Crippen molar-refractivity contribution in [3.63, 3.8) is 0 Å². The third-order valence-corrected chi connectivity index (χ3v) is 2.03. The molecule has 4 nitrogen and oxygen atoms in total. The largest absolute Gasteiger partial charge is 0.432 e. The maximum atomic E-state index is 11.6. The van der Waals surface area contributed by atoms with Crippen LogP contribution in [0, 0.1) is 0 Å². The van der Waals surface area contributed by atoms with E-state index in [1.54, 1.807) is 31.2 Å². The lowest BCUT2D eigenvalue weighted by atomic mass is 10.2. The number of carbonyl (C=O) groups excluding carboxylic acids is 1. The first-order valence-corrected chi connectivity index (χ1v) is 5.56. The molecule has 0 radical (unpaired) electrons. The van der Waals surface area contributed by atoms with E-state index in [1.165, 1.54) is 0 Å². The van der Waals surface area contributed by atoms with Crippen LogP contribution in [0.5, 0.6) is 0 Å². The molecule has 1 rings (SSSR count). The van der Waals surface area contributed by atoms with Crippen LogP contribution < -0.4 is 0 Å². The van der Waals surface area contributed by atoms with Crippen LogP contribution in [0.15, 0.2) is 35.3 Å². The fourth-order valence-electron chi connectivity index (χ4n) is 1.14. The molecule has 17 heavy (non-hydrogen) atoms. The SMILES string of the molecule is CC(OCCN=C=S)OC(=O)c1ccccc1. The molecule has 0 aliphatic carbocycles. The van der Waals surface area contributed by atoms with Gasteiger partial charge in [0.1, 0.15) is 0 Å². The van der Waals surface area contributed by atoms with Gasteiger partial charge >= 0.3 is 5.97 Å². The molecule has 0 aliphatic heterocycles. The minimum absolute atomic E-state index is 0.340. The van der Waals surface area contributed by atoms with E-state index in [9.17, 15) is 4.79 Å². The second-order valence-corrected chi connectivity index (χ2v) is 3.37. The van der Waals surface area contributed by atoms with Crippen LogP contribution >= 0.6 is 12.2 Å². The first-order valence-electron chi connectivity index (χ1n) is 5.15. The molecular formula is C12H13NO3S. The number of aliphatic imine (C=N–C) groups is 1. The minimum Gasteiger partial charge on any atom is -0.432 e. The molecule has 0 saturated carbocycles. The van der Waals surface area contributed by atoms with E-state index in [2.05, 4.69) is 22.4 Å². The molecule has 1 unspecified atom stereocenters. The van der Waals surface area contributed by atoms with Crippen molar-refractivity contribution in [3.05, 3.63) is 35.9 Å². The van der Waals surface area contributed by atoms with Gasteiger partial charge in [-0.15, -0.1) is 0 Å². The number of hydrogen-bond acceptors (Lipinski definition) is 5. The summed E-state index contributed by atoms with van der Waals surface area (Å²) in [5, 5.41) is 2.23. The molecule has 90 valence electrons. The number of thiocarbonyl (C=S) groups is 1. The molecule has 0 aromatic heterocycles. The highest BCUT2D eigenvalue weighted by atomic mass is 32.1. The smallest absolute Gasteiger partial charge is 0.340 e. The Balaban J connectivity index is 2.33. The van der Waals surface area contributed by atoms with Crippen molar-refractivity contribution in [3.8, 4) is 0 Å². The molecule has 0 spiro atoms. The monoisotopic (exact) mass is 251 g/mol. The highest BCUT2D eigenvalue weighted by Gasteiger charge is 2.11. The zero-order valence-electron chi connectivity index (χ0n) is 9.46. The molecule has 0 amide bonds. The van der Waals surface area contributed by atoms with Crippen LogP contribution in [0.25, 0.3) is 0 Å². The molecule has 0 N–H and O–H groups in total. The van der Waals surface area contributed by atoms with E-state index >= 15 is 0 Å². The summed E-state index contributed by atoms with van der Waals surface area (Å²) in [4.78, 5) is 15.3. The number of ether oxygens (including phenoxy) is 2. The summed E-state index contributed by atoms with van der Waals surface area (Å²) in [5.41, 5.74) is 0.500. The van der Waals surface area contributed by atoms with Crippen LogP contribution in [0.2, 0.25) is 0 Å². The zero-order valence-corrected chi connectivity index (χ0v) is 10.3. The molecule has 0 bridgehead atoms. The fourth-order valence-corrected chi connectivity index (χ4v) is 1.23. The Kier molecular flexibility index (Phi) is 6.10. The first kappa shape index (κ1) is 13.5. The topological polar surface area (TPSA) is 47.9 Å². The maximum absolute atomic E-state index is 11.6. The van der Waals surface area contributed by atoms with Crippen molar-refractivity contribution in [2.24, 2.45) is 4.99 Å². The Hall–Kier alpha value is -1.55. The molecule has 0 saturated heterocycles. The van der Waals surface area contributed by atoms with Crippen molar-refractivity contribution in [2.75, 3.05) is 13.2 Å². The summed E-state index contributed by atoms with van der Waals surface area (Å²) in [6.45, 7) is 2.41. The molecule has 1 aromatic rings. The number of isothiocyanates is 1. The summed E-state index contributed by atoms with van der Waals surface area (Å²) < 4.78 is 10.3. The number of carbonyl (C=O) groups is 1. The average molecular weight is 251 g/mol. The normalized spacial score (nSPS) is 11.4. The molecule has 0 fully saturated rings. The quantitative estimate of drug-likeness (QED) is 0.256. The van der Waals surface area contributed by atoms with E-state index in [1.807, 2.05) is 6.07 Å². The van der Waals surface area contributed by atoms with E-state index in [-0.39, 0.29) is 0 Å². The Bertz CT molecular complexity index is 401. The number of nitrogens with zero attached hydrogens (tertiary/aromatic N) is 1. The standard InChI is InChI=1S/C12H13NO3S/c1-10(15-8-7-13-9-17)16-12(14)11-5-3-2-4-6-11/h2-6,10H,7-8H2,1H3. The van der Waals surface area contributed by atoms with Gasteiger partial charge in [-0.05, 0) is 31.3 Å². The molecule has 0 heterocycles. The molecule has 5 heteroatoms. The van der Waals surface area contributed by atoms with Crippen molar-refractivity contribution in [1.82, 2.24) is 0 Å². The van der Waals surface area contributed by atoms with Crippen LogP contribution in [0.3, 0.4) is 0 Å². The Morgan fingerprint density at radius 2 is 2.18 bits per heavy atom. The van der Waals surface area contributed by atoms with E-state index in [0.717, 1.165) is 0 Å². The van der Waals surface area contributed by atoms with Gasteiger partial charge in [0.2, 0.25) is 6.29 Å². The molecule has 0 aliphatic rings. The first-order chi connectivity index (χ1) is 8.24. The van der Waals surface area contributed by atoms with Gasteiger partial charge in [-0.1, -0.05) is 18.2 Å². The van der Waals surface area contributed by atoms with Crippen molar-refractivity contribution in [1.29, 1.82) is 0 Å². The fraction of sp³-hybridized carbons (Fsp3) is 0.333.